The largest absolute Gasteiger partial charge is 0.385 e. The second kappa shape index (κ2) is 5.35. The summed E-state index contributed by atoms with van der Waals surface area (Å²) in [7, 11) is 0. The second-order valence-corrected chi connectivity index (χ2v) is 3.70. The zero-order chi connectivity index (χ0) is 11.3. The molecule has 0 aliphatic heterocycles. The van der Waals surface area contributed by atoms with E-state index in [0.29, 0.717) is 5.92 Å². The third kappa shape index (κ3) is 3.25. The minimum absolute atomic E-state index is 0.0872. The number of halogens is 1. The molecule has 0 fully saturated rings. The Hall–Kier alpha value is -1.56. The predicted molar refractivity (Wildman–Crippen MR) is 59.1 cm³/mol. The van der Waals surface area contributed by atoms with Gasteiger partial charge in [0.25, 0.3) is 0 Å². The number of hydrogen-bond donors (Lipinski definition) is 1. The molecule has 0 radical (unpaired) electrons. The summed E-state index contributed by atoms with van der Waals surface area (Å²) in [5.41, 5.74) is 0.886. The van der Waals surface area contributed by atoms with Gasteiger partial charge in [-0.15, -0.1) is 0 Å². The molecule has 1 aromatic rings. The second-order valence-electron chi connectivity index (χ2n) is 3.70. The van der Waals surface area contributed by atoms with E-state index in [1.165, 1.54) is 12.1 Å². The number of anilines is 1. The van der Waals surface area contributed by atoms with Crippen molar-refractivity contribution in [2.24, 2.45) is 5.92 Å². The summed E-state index contributed by atoms with van der Waals surface area (Å²) >= 11 is 0. The summed E-state index contributed by atoms with van der Waals surface area (Å²) in [6, 6.07) is 6.33. The van der Waals surface area contributed by atoms with Crippen molar-refractivity contribution in [2.45, 2.75) is 20.3 Å². The number of nitrogens with one attached hydrogen (secondary N) is 1. The van der Waals surface area contributed by atoms with Crippen LogP contribution in [0.3, 0.4) is 0 Å². The van der Waals surface area contributed by atoms with Crippen molar-refractivity contribution in [3.05, 3.63) is 29.6 Å². The monoisotopic (exact) mass is 206 g/mol. The van der Waals surface area contributed by atoms with E-state index >= 15 is 0 Å². The molecule has 0 heterocycles. The molecule has 0 spiro atoms. The van der Waals surface area contributed by atoms with Gasteiger partial charge in [-0.1, -0.05) is 20.3 Å². The molecule has 0 amide bonds. The molecule has 15 heavy (non-hydrogen) atoms. The number of nitriles is 1. The lowest BCUT2D eigenvalue weighted by molar-refractivity contribution is 0.593. The zero-order valence-electron chi connectivity index (χ0n) is 9.05. The van der Waals surface area contributed by atoms with E-state index in [9.17, 15) is 4.39 Å². The van der Waals surface area contributed by atoms with Crippen LogP contribution in [0, 0.1) is 23.1 Å². The molecule has 2 nitrogen and oxygen atoms in total. The Labute approximate surface area is 89.7 Å². The van der Waals surface area contributed by atoms with Gasteiger partial charge in [0.05, 0.1) is 5.56 Å². The number of nitrogens with zero attached hydrogens (tertiary/aromatic N) is 1. The van der Waals surface area contributed by atoms with Gasteiger partial charge in [0.2, 0.25) is 0 Å². The first-order valence-corrected chi connectivity index (χ1v) is 5.11. The first-order valence-electron chi connectivity index (χ1n) is 5.11. The molecular formula is C12H15FN2. The van der Waals surface area contributed by atoms with Gasteiger partial charge in [0.15, 0.2) is 0 Å². The van der Waals surface area contributed by atoms with E-state index in [2.05, 4.69) is 19.2 Å². The van der Waals surface area contributed by atoms with Crippen LogP contribution in [0.1, 0.15) is 25.8 Å². The smallest absolute Gasteiger partial charge is 0.141 e. The Bertz CT molecular complexity index is 368. The Morgan fingerprint density at radius 2 is 2.27 bits per heavy atom. The fourth-order valence-corrected chi connectivity index (χ4v) is 1.16. The summed E-state index contributed by atoms with van der Waals surface area (Å²) < 4.78 is 13.0. The quantitative estimate of drug-likeness (QED) is 0.821. The number of hydrogen-bond acceptors (Lipinski definition) is 2. The maximum Gasteiger partial charge on any atom is 0.141 e. The molecule has 0 aromatic heterocycles. The summed E-state index contributed by atoms with van der Waals surface area (Å²) in [5, 5.41) is 11.8. The fraction of sp³-hybridized carbons (Fsp3) is 0.417. The van der Waals surface area contributed by atoms with Crippen molar-refractivity contribution < 1.29 is 4.39 Å². The van der Waals surface area contributed by atoms with E-state index in [1.807, 2.05) is 6.07 Å². The van der Waals surface area contributed by atoms with Gasteiger partial charge in [0.1, 0.15) is 11.9 Å². The molecule has 1 atom stereocenters. The Kier molecular flexibility index (Phi) is 4.11. The highest BCUT2D eigenvalue weighted by molar-refractivity contribution is 5.49. The lowest BCUT2D eigenvalue weighted by Gasteiger charge is -2.11. The minimum atomic E-state index is -0.466. The molecule has 1 unspecified atom stereocenters. The number of rotatable bonds is 4. The molecule has 1 aromatic carbocycles. The molecule has 0 aliphatic carbocycles. The van der Waals surface area contributed by atoms with E-state index in [0.717, 1.165) is 18.7 Å². The van der Waals surface area contributed by atoms with Crippen LogP contribution in [0.15, 0.2) is 18.2 Å². The molecule has 3 heteroatoms. The highest BCUT2D eigenvalue weighted by Crippen LogP contribution is 2.14. The van der Waals surface area contributed by atoms with Crippen molar-refractivity contribution in [1.82, 2.24) is 0 Å². The van der Waals surface area contributed by atoms with Gasteiger partial charge in [0, 0.05) is 12.2 Å². The molecule has 1 rings (SSSR count). The van der Waals surface area contributed by atoms with Crippen LogP contribution in [-0.2, 0) is 0 Å². The summed E-state index contributed by atoms with van der Waals surface area (Å²) in [6.45, 7) is 5.10. The lowest BCUT2D eigenvalue weighted by Crippen LogP contribution is -2.10. The SMILES string of the molecule is CCC(C)CNc1ccc(F)c(C#N)c1. The Morgan fingerprint density at radius 1 is 1.53 bits per heavy atom. The van der Waals surface area contributed by atoms with E-state index < -0.39 is 5.82 Å². The number of benzene rings is 1. The Balaban J connectivity index is 2.67. The maximum absolute atomic E-state index is 13.0. The first-order chi connectivity index (χ1) is 7.17. The van der Waals surface area contributed by atoms with Crippen LogP contribution >= 0.6 is 0 Å². The average Bonchev–Trinajstić information content (AvgIpc) is 2.27. The zero-order valence-corrected chi connectivity index (χ0v) is 9.05. The molecule has 80 valence electrons. The van der Waals surface area contributed by atoms with Crippen LogP contribution in [0.5, 0.6) is 0 Å². The fourth-order valence-electron chi connectivity index (χ4n) is 1.16. The highest BCUT2D eigenvalue weighted by Gasteiger charge is 2.03. The van der Waals surface area contributed by atoms with Gasteiger partial charge in [-0.25, -0.2) is 4.39 Å². The van der Waals surface area contributed by atoms with Gasteiger partial charge in [-0.2, -0.15) is 5.26 Å². The minimum Gasteiger partial charge on any atom is -0.385 e. The van der Waals surface area contributed by atoms with Gasteiger partial charge < -0.3 is 5.32 Å². The van der Waals surface area contributed by atoms with E-state index in [4.69, 9.17) is 5.26 Å². The average molecular weight is 206 g/mol. The molecule has 1 N–H and O–H groups in total. The summed E-state index contributed by atoms with van der Waals surface area (Å²) in [6.07, 6.45) is 1.10. The summed E-state index contributed by atoms with van der Waals surface area (Å²) in [4.78, 5) is 0. The van der Waals surface area contributed by atoms with Crippen molar-refractivity contribution in [2.75, 3.05) is 11.9 Å². The van der Waals surface area contributed by atoms with Crippen molar-refractivity contribution >= 4 is 5.69 Å². The highest BCUT2D eigenvalue weighted by atomic mass is 19.1. The molecule has 0 saturated heterocycles. The third-order valence-corrected chi connectivity index (χ3v) is 2.44. The molecular weight excluding hydrogens is 191 g/mol. The molecule has 0 aliphatic rings. The van der Waals surface area contributed by atoms with Crippen LogP contribution in [-0.4, -0.2) is 6.54 Å². The lowest BCUT2D eigenvalue weighted by atomic mass is 10.1. The van der Waals surface area contributed by atoms with Gasteiger partial charge >= 0.3 is 0 Å². The van der Waals surface area contributed by atoms with Gasteiger partial charge in [-0.05, 0) is 24.1 Å². The van der Waals surface area contributed by atoms with E-state index in [-0.39, 0.29) is 5.56 Å². The summed E-state index contributed by atoms with van der Waals surface area (Å²) in [5.74, 6) is 0.104. The van der Waals surface area contributed by atoms with Crippen LogP contribution in [0.2, 0.25) is 0 Å². The molecule has 0 saturated carbocycles. The van der Waals surface area contributed by atoms with Crippen molar-refractivity contribution in [1.29, 1.82) is 5.26 Å². The van der Waals surface area contributed by atoms with Crippen LogP contribution in [0.4, 0.5) is 10.1 Å². The first kappa shape index (κ1) is 11.5. The normalized spacial score (nSPS) is 11.9. The maximum atomic E-state index is 13.0. The molecule has 0 bridgehead atoms. The Morgan fingerprint density at radius 3 is 2.87 bits per heavy atom. The predicted octanol–water partition coefficient (Wildman–Crippen LogP) is 3.16. The third-order valence-electron chi connectivity index (χ3n) is 2.44. The van der Waals surface area contributed by atoms with Crippen LogP contribution in [0.25, 0.3) is 0 Å². The standard InChI is InChI=1S/C12H15FN2/c1-3-9(2)8-15-11-4-5-12(13)10(6-11)7-14/h4-6,9,15H,3,8H2,1-2H3. The van der Waals surface area contributed by atoms with Crippen molar-refractivity contribution in [3.8, 4) is 6.07 Å². The topological polar surface area (TPSA) is 35.8 Å². The van der Waals surface area contributed by atoms with E-state index in [1.54, 1.807) is 6.07 Å². The van der Waals surface area contributed by atoms with Gasteiger partial charge in [-0.3, -0.25) is 0 Å². The van der Waals surface area contributed by atoms with Crippen LogP contribution < -0.4 is 5.32 Å². The van der Waals surface area contributed by atoms with Crippen molar-refractivity contribution in [3.63, 3.8) is 0 Å².